The first-order chi connectivity index (χ1) is 14.0. The number of benzene rings is 1. The molecule has 1 N–H and O–H groups in total. The second-order valence-electron chi connectivity index (χ2n) is 7.19. The fourth-order valence-electron chi connectivity index (χ4n) is 3.60. The Morgan fingerprint density at radius 1 is 1.38 bits per heavy atom. The molecular weight excluding hydrogens is 406 g/mol. The summed E-state index contributed by atoms with van der Waals surface area (Å²) in [4.78, 5) is 19.3. The van der Waals surface area contributed by atoms with Crippen molar-refractivity contribution in [2.24, 2.45) is 7.05 Å². The molecular formula is C20H23N5O2S2. The minimum Gasteiger partial charge on any atom is -0.487 e. The third-order valence-electron chi connectivity index (χ3n) is 5.20. The zero-order valence-corrected chi connectivity index (χ0v) is 18.1. The van der Waals surface area contributed by atoms with Gasteiger partial charge in [-0.3, -0.25) is 9.89 Å². The van der Waals surface area contributed by atoms with Crippen molar-refractivity contribution in [2.75, 3.05) is 13.1 Å². The maximum atomic E-state index is 13.0. The number of aromatic amines is 1. The average molecular weight is 430 g/mol. The first-order valence-electron chi connectivity index (χ1n) is 9.55. The van der Waals surface area contributed by atoms with E-state index in [1.165, 1.54) is 0 Å². The number of piperidine rings is 1. The zero-order chi connectivity index (χ0) is 20.4. The predicted molar refractivity (Wildman–Crippen MR) is 114 cm³/mol. The van der Waals surface area contributed by atoms with Gasteiger partial charge in [0.25, 0.3) is 5.91 Å². The number of carbonyl (C=O) groups excluding carboxylic acids is 1. The first-order valence-corrected chi connectivity index (χ1v) is 10.8. The van der Waals surface area contributed by atoms with Gasteiger partial charge in [-0.25, -0.2) is 4.98 Å². The minimum absolute atomic E-state index is 0.0359. The summed E-state index contributed by atoms with van der Waals surface area (Å²) < 4.78 is 8.37. The second-order valence-corrected chi connectivity index (χ2v) is 8.64. The normalized spacial score (nSPS) is 14.9. The van der Waals surface area contributed by atoms with Crippen molar-refractivity contribution in [2.45, 2.75) is 32.3 Å². The van der Waals surface area contributed by atoms with Crippen molar-refractivity contribution in [3.8, 4) is 5.75 Å². The third-order valence-corrected chi connectivity index (χ3v) is 6.38. The Morgan fingerprint density at radius 3 is 2.83 bits per heavy atom. The van der Waals surface area contributed by atoms with Crippen molar-refractivity contribution < 1.29 is 9.53 Å². The average Bonchev–Trinajstić information content (AvgIpc) is 3.31. The number of amides is 1. The van der Waals surface area contributed by atoms with Crippen LogP contribution in [0.15, 0.2) is 29.6 Å². The van der Waals surface area contributed by atoms with E-state index in [4.69, 9.17) is 17.0 Å². The molecule has 1 saturated heterocycles. The molecule has 0 unspecified atom stereocenters. The molecule has 0 spiro atoms. The summed E-state index contributed by atoms with van der Waals surface area (Å²) in [6.07, 6.45) is 1.75. The van der Waals surface area contributed by atoms with Crippen LogP contribution in [0.4, 0.5) is 0 Å². The Labute approximate surface area is 178 Å². The van der Waals surface area contributed by atoms with Crippen LogP contribution in [-0.4, -0.2) is 43.6 Å². The zero-order valence-electron chi connectivity index (χ0n) is 16.4. The van der Waals surface area contributed by atoms with E-state index in [-0.39, 0.29) is 5.91 Å². The molecule has 1 amide bonds. The second kappa shape index (κ2) is 8.46. The molecule has 1 aliphatic heterocycles. The Kier molecular flexibility index (Phi) is 5.77. The lowest BCUT2D eigenvalue weighted by Crippen LogP contribution is -2.38. The number of H-pyrrole nitrogens is 1. The molecule has 3 aromatic rings. The lowest BCUT2D eigenvalue weighted by Gasteiger charge is -2.31. The number of thiazole rings is 1. The highest BCUT2D eigenvalue weighted by Crippen LogP contribution is 2.27. The standard InChI is InChI=1S/C20H23N5O2S2/c1-13-21-16(12-29-13)11-27-17-5-3-4-15(10-17)19(26)25-8-6-14(7-9-25)18-22-23-20(28)24(18)2/h3-5,10,12,14H,6-9,11H2,1-2H3,(H,23,28). The molecule has 3 heterocycles. The van der Waals surface area contributed by atoms with Crippen LogP contribution >= 0.6 is 23.6 Å². The van der Waals surface area contributed by atoms with E-state index in [2.05, 4.69) is 15.2 Å². The summed E-state index contributed by atoms with van der Waals surface area (Å²) in [5.41, 5.74) is 1.55. The fraction of sp³-hybridized carbons (Fsp3) is 0.400. The van der Waals surface area contributed by atoms with Gasteiger partial charge in [-0.05, 0) is 50.2 Å². The summed E-state index contributed by atoms with van der Waals surface area (Å²) >= 11 is 6.80. The van der Waals surface area contributed by atoms with Crippen molar-refractivity contribution in [1.82, 2.24) is 24.6 Å². The van der Waals surface area contributed by atoms with Crippen LogP contribution in [0.1, 0.15) is 45.6 Å². The number of nitrogens with zero attached hydrogens (tertiary/aromatic N) is 4. The third kappa shape index (κ3) is 4.40. The first kappa shape index (κ1) is 19.8. The van der Waals surface area contributed by atoms with Crippen LogP contribution in [0.25, 0.3) is 0 Å². The van der Waals surface area contributed by atoms with Crippen LogP contribution in [0.3, 0.4) is 0 Å². The molecule has 0 atom stereocenters. The van der Waals surface area contributed by atoms with Gasteiger partial charge in [0, 0.05) is 37.0 Å². The van der Waals surface area contributed by atoms with Crippen molar-refractivity contribution in [3.05, 3.63) is 56.5 Å². The smallest absolute Gasteiger partial charge is 0.253 e. The highest BCUT2D eigenvalue weighted by atomic mass is 32.1. The lowest BCUT2D eigenvalue weighted by molar-refractivity contribution is 0.0710. The van der Waals surface area contributed by atoms with Crippen LogP contribution < -0.4 is 4.74 Å². The number of hydrogen-bond acceptors (Lipinski definition) is 6. The van der Waals surface area contributed by atoms with Gasteiger partial charge in [-0.2, -0.15) is 5.10 Å². The summed E-state index contributed by atoms with van der Waals surface area (Å²) in [6, 6.07) is 7.37. The lowest BCUT2D eigenvalue weighted by atomic mass is 9.95. The number of rotatable bonds is 5. The maximum absolute atomic E-state index is 13.0. The van der Waals surface area contributed by atoms with E-state index < -0.39 is 0 Å². The Morgan fingerprint density at radius 2 is 2.17 bits per heavy atom. The molecule has 2 aromatic heterocycles. The van der Waals surface area contributed by atoms with E-state index >= 15 is 0 Å². The SMILES string of the molecule is Cc1nc(COc2cccc(C(=O)N3CCC(c4n[nH]c(=S)n4C)CC3)c2)cs1. The molecule has 1 fully saturated rings. The van der Waals surface area contributed by atoms with Gasteiger partial charge in [-0.15, -0.1) is 11.3 Å². The van der Waals surface area contributed by atoms with E-state index in [1.54, 1.807) is 11.3 Å². The van der Waals surface area contributed by atoms with Gasteiger partial charge in [-0.1, -0.05) is 6.07 Å². The molecule has 0 aliphatic carbocycles. The van der Waals surface area contributed by atoms with Crippen LogP contribution in [0.2, 0.25) is 0 Å². The molecule has 152 valence electrons. The molecule has 9 heteroatoms. The molecule has 0 saturated carbocycles. The fourth-order valence-corrected chi connectivity index (χ4v) is 4.33. The number of hydrogen-bond donors (Lipinski definition) is 1. The summed E-state index contributed by atoms with van der Waals surface area (Å²) in [6.45, 7) is 3.77. The van der Waals surface area contributed by atoms with Gasteiger partial charge < -0.3 is 14.2 Å². The Balaban J connectivity index is 1.37. The minimum atomic E-state index is 0.0359. The highest BCUT2D eigenvalue weighted by Gasteiger charge is 2.27. The molecule has 0 bridgehead atoms. The van der Waals surface area contributed by atoms with E-state index in [0.717, 1.165) is 29.4 Å². The van der Waals surface area contributed by atoms with Gasteiger partial charge in [0.2, 0.25) is 0 Å². The number of aromatic nitrogens is 4. The highest BCUT2D eigenvalue weighted by molar-refractivity contribution is 7.71. The number of likely N-dealkylation sites (tertiary alicyclic amines) is 1. The quantitative estimate of drug-likeness (QED) is 0.624. The Hall–Kier alpha value is -2.52. The molecule has 7 nitrogen and oxygen atoms in total. The number of aryl methyl sites for hydroxylation is 1. The van der Waals surface area contributed by atoms with E-state index in [9.17, 15) is 4.79 Å². The Bertz CT molecular complexity index is 1060. The molecule has 29 heavy (non-hydrogen) atoms. The van der Waals surface area contributed by atoms with E-state index in [1.807, 2.05) is 53.1 Å². The summed E-state index contributed by atoms with van der Waals surface area (Å²) in [5, 5.41) is 10.2. The molecule has 1 aliphatic rings. The van der Waals surface area contributed by atoms with E-state index in [0.29, 0.717) is 41.7 Å². The van der Waals surface area contributed by atoms with Crippen molar-refractivity contribution >= 4 is 29.5 Å². The van der Waals surface area contributed by atoms with Crippen LogP contribution in [-0.2, 0) is 13.7 Å². The number of ether oxygens (including phenoxy) is 1. The van der Waals surface area contributed by atoms with Gasteiger partial charge >= 0.3 is 0 Å². The monoisotopic (exact) mass is 429 g/mol. The summed E-state index contributed by atoms with van der Waals surface area (Å²) in [5.74, 6) is 2.00. The molecule has 1 aromatic carbocycles. The van der Waals surface area contributed by atoms with Crippen LogP contribution in [0, 0.1) is 11.7 Å². The molecule has 0 radical (unpaired) electrons. The largest absolute Gasteiger partial charge is 0.487 e. The predicted octanol–water partition coefficient (Wildman–Crippen LogP) is 3.84. The number of nitrogens with one attached hydrogen (secondary N) is 1. The topological polar surface area (TPSA) is 76.0 Å². The van der Waals surface area contributed by atoms with Gasteiger partial charge in [0.1, 0.15) is 18.2 Å². The van der Waals surface area contributed by atoms with Crippen molar-refractivity contribution in [1.29, 1.82) is 0 Å². The maximum Gasteiger partial charge on any atom is 0.253 e. The van der Waals surface area contributed by atoms with Crippen molar-refractivity contribution in [3.63, 3.8) is 0 Å². The number of carbonyl (C=O) groups is 1. The van der Waals surface area contributed by atoms with Gasteiger partial charge in [0.15, 0.2) is 4.77 Å². The molecule has 4 rings (SSSR count). The van der Waals surface area contributed by atoms with Crippen LogP contribution in [0.5, 0.6) is 5.75 Å². The van der Waals surface area contributed by atoms with Gasteiger partial charge in [0.05, 0.1) is 10.7 Å². The summed E-state index contributed by atoms with van der Waals surface area (Å²) in [7, 11) is 1.93.